The van der Waals surface area contributed by atoms with E-state index in [1.54, 1.807) is 17.0 Å². The van der Waals surface area contributed by atoms with Crippen LogP contribution in [0.25, 0.3) is 0 Å². The highest BCUT2D eigenvalue weighted by Gasteiger charge is 2.29. The third kappa shape index (κ3) is 5.74. The van der Waals surface area contributed by atoms with Crippen LogP contribution in [0.4, 0.5) is 5.69 Å². The third-order valence-electron chi connectivity index (χ3n) is 4.12. The quantitative estimate of drug-likeness (QED) is 0.707. The van der Waals surface area contributed by atoms with Crippen LogP contribution in [0.3, 0.4) is 0 Å². The van der Waals surface area contributed by atoms with E-state index in [4.69, 9.17) is 0 Å². The van der Waals surface area contributed by atoms with Crippen LogP contribution in [0.15, 0.2) is 36.9 Å². The molecule has 1 aromatic rings. The Morgan fingerprint density at radius 1 is 1.32 bits per heavy atom. The van der Waals surface area contributed by atoms with Gasteiger partial charge in [0, 0.05) is 31.6 Å². The zero-order chi connectivity index (χ0) is 18.2. The summed E-state index contributed by atoms with van der Waals surface area (Å²) in [6, 6.07) is 7.28. The number of benzene rings is 1. The molecule has 1 aliphatic rings. The molecule has 1 unspecified atom stereocenters. The number of nitrogens with zero attached hydrogens (tertiary/aromatic N) is 1. The number of anilines is 1. The van der Waals surface area contributed by atoms with Gasteiger partial charge in [-0.25, -0.2) is 0 Å². The van der Waals surface area contributed by atoms with Crippen LogP contribution >= 0.6 is 0 Å². The highest BCUT2D eigenvalue weighted by molar-refractivity contribution is 5.98. The van der Waals surface area contributed by atoms with Gasteiger partial charge >= 0.3 is 0 Å². The lowest BCUT2D eigenvalue weighted by atomic mass is 10.1. The molecule has 0 bridgehead atoms. The van der Waals surface area contributed by atoms with Crippen molar-refractivity contribution in [3.05, 3.63) is 42.5 Å². The second kappa shape index (κ2) is 9.01. The van der Waals surface area contributed by atoms with E-state index in [2.05, 4.69) is 17.2 Å². The molecule has 0 saturated carbocycles. The van der Waals surface area contributed by atoms with Crippen LogP contribution in [0.5, 0.6) is 0 Å². The molecule has 3 amide bonds. The minimum Gasteiger partial charge on any atom is -0.351 e. The number of carbonyl (C=O) groups is 3. The van der Waals surface area contributed by atoms with Crippen molar-refractivity contribution in [2.24, 2.45) is 0 Å². The van der Waals surface area contributed by atoms with Crippen molar-refractivity contribution in [2.45, 2.75) is 38.6 Å². The first-order chi connectivity index (χ1) is 12.0. The average molecular weight is 343 g/mol. The Hall–Kier alpha value is -2.63. The maximum Gasteiger partial charge on any atom is 0.247 e. The predicted molar refractivity (Wildman–Crippen MR) is 97.0 cm³/mol. The molecule has 134 valence electrons. The lowest BCUT2D eigenvalue weighted by Gasteiger charge is -2.16. The lowest BCUT2D eigenvalue weighted by Crippen LogP contribution is -2.37. The zero-order valence-corrected chi connectivity index (χ0v) is 14.6. The number of carbonyl (C=O) groups excluding carboxylic acids is 3. The molecule has 1 aliphatic heterocycles. The van der Waals surface area contributed by atoms with Crippen LogP contribution in [0.1, 0.15) is 31.7 Å². The van der Waals surface area contributed by atoms with Gasteiger partial charge < -0.3 is 15.5 Å². The van der Waals surface area contributed by atoms with E-state index in [0.717, 1.165) is 18.5 Å². The van der Waals surface area contributed by atoms with Crippen LogP contribution in [0.2, 0.25) is 0 Å². The van der Waals surface area contributed by atoms with Gasteiger partial charge in [-0.15, -0.1) is 0 Å². The first-order valence-corrected chi connectivity index (χ1v) is 8.61. The summed E-state index contributed by atoms with van der Waals surface area (Å²) in [4.78, 5) is 36.9. The topological polar surface area (TPSA) is 78.5 Å². The summed E-state index contributed by atoms with van der Waals surface area (Å²) in [7, 11) is 0. The number of likely N-dealkylation sites (tertiary alicyclic amines) is 1. The van der Waals surface area contributed by atoms with Crippen molar-refractivity contribution in [3.8, 4) is 0 Å². The van der Waals surface area contributed by atoms with Gasteiger partial charge in [-0.2, -0.15) is 0 Å². The minimum atomic E-state index is -0.254. The molecule has 0 radical (unpaired) electrons. The largest absolute Gasteiger partial charge is 0.351 e. The molecule has 1 atom stereocenters. The molecule has 2 N–H and O–H groups in total. The van der Waals surface area contributed by atoms with Crippen molar-refractivity contribution in [2.75, 3.05) is 18.4 Å². The molecule has 1 heterocycles. The second-order valence-electron chi connectivity index (χ2n) is 6.20. The highest BCUT2D eigenvalue weighted by atomic mass is 16.2. The summed E-state index contributed by atoms with van der Waals surface area (Å²) in [5, 5.41) is 5.62. The van der Waals surface area contributed by atoms with Gasteiger partial charge in [0.15, 0.2) is 0 Å². The lowest BCUT2D eigenvalue weighted by molar-refractivity contribution is -0.127. The second-order valence-corrected chi connectivity index (χ2v) is 6.20. The zero-order valence-electron chi connectivity index (χ0n) is 14.6. The molecule has 6 heteroatoms. The maximum absolute atomic E-state index is 12.1. The summed E-state index contributed by atoms with van der Waals surface area (Å²) < 4.78 is 0. The average Bonchev–Trinajstić information content (AvgIpc) is 2.93. The summed E-state index contributed by atoms with van der Waals surface area (Å²) in [6.45, 7) is 6.80. The van der Waals surface area contributed by atoms with E-state index in [1.807, 2.05) is 19.1 Å². The van der Waals surface area contributed by atoms with Crippen LogP contribution in [-0.4, -0.2) is 41.8 Å². The van der Waals surface area contributed by atoms with E-state index in [9.17, 15) is 14.4 Å². The molecule has 6 nitrogen and oxygen atoms in total. The molecule has 25 heavy (non-hydrogen) atoms. The highest BCUT2D eigenvalue weighted by Crippen LogP contribution is 2.13. The number of hydrogen-bond donors (Lipinski definition) is 2. The van der Waals surface area contributed by atoms with Crippen LogP contribution < -0.4 is 10.6 Å². The Kier molecular flexibility index (Phi) is 6.74. The predicted octanol–water partition coefficient (Wildman–Crippen LogP) is 1.87. The number of amides is 3. The Morgan fingerprint density at radius 2 is 2.04 bits per heavy atom. The standard InChI is InChI=1S/C19H25N3O3/c1-3-11-22-13-16(12-19(22)25)21-18(24)10-7-14-5-8-15(9-6-14)20-17(23)4-2/h4-6,8-9,16H,2-3,7,10-13H2,1H3,(H,20,23)(H,21,24). The van der Waals surface area contributed by atoms with Gasteiger partial charge in [0.05, 0.1) is 6.04 Å². The van der Waals surface area contributed by atoms with Crippen molar-refractivity contribution in [1.82, 2.24) is 10.2 Å². The molecule has 1 aromatic carbocycles. The van der Waals surface area contributed by atoms with Gasteiger partial charge in [0.25, 0.3) is 0 Å². The Bertz CT molecular complexity index is 640. The van der Waals surface area contributed by atoms with Gasteiger partial charge in [-0.3, -0.25) is 14.4 Å². The molecule has 0 spiro atoms. The van der Waals surface area contributed by atoms with E-state index in [-0.39, 0.29) is 23.8 Å². The van der Waals surface area contributed by atoms with Crippen LogP contribution in [-0.2, 0) is 20.8 Å². The number of hydrogen-bond acceptors (Lipinski definition) is 3. The molecule has 0 aliphatic carbocycles. The molecular formula is C19H25N3O3. The summed E-state index contributed by atoms with van der Waals surface area (Å²) in [5.41, 5.74) is 1.71. The van der Waals surface area contributed by atoms with Gasteiger partial charge in [-0.05, 0) is 36.6 Å². The van der Waals surface area contributed by atoms with Gasteiger partial charge in [0.1, 0.15) is 0 Å². The molecular weight excluding hydrogens is 318 g/mol. The fourth-order valence-electron chi connectivity index (χ4n) is 2.86. The monoisotopic (exact) mass is 343 g/mol. The number of aryl methyl sites for hydroxylation is 1. The SMILES string of the molecule is C=CC(=O)Nc1ccc(CCC(=O)NC2CC(=O)N(CCC)C2)cc1. The van der Waals surface area contributed by atoms with Crippen LogP contribution in [0, 0.1) is 0 Å². The number of rotatable bonds is 8. The van der Waals surface area contributed by atoms with Gasteiger partial charge in [-0.1, -0.05) is 25.6 Å². The Balaban J connectivity index is 1.75. The number of nitrogens with one attached hydrogen (secondary N) is 2. The normalized spacial score (nSPS) is 16.6. The van der Waals surface area contributed by atoms with E-state index < -0.39 is 0 Å². The summed E-state index contributed by atoms with van der Waals surface area (Å²) in [5.74, 6) is -0.181. The third-order valence-corrected chi connectivity index (χ3v) is 4.12. The summed E-state index contributed by atoms with van der Waals surface area (Å²) in [6.07, 6.45) is 3.52. The molecule has 1 saturated heterocycles. The molecule has 2 rings (SSSR count). The van der Waals surface area contributed by atoms with Crippen molar-refractivity contribution < 1.29 is 14.4 Å². The fourth-order valence-corrected chi connectivity index (χ4v) is 2.86. The smallest absolute Gasteiger partial charge is 0.247 e. The van der Waals surface area contributed by atoms with E-state index in [0.29, 0.717) is 31.5 Å². The first kappa shape index (κ1) is 18.7. The molecule has 1 fully saturated rings. The summed E-state index contributed by atoms with van der Waals surface area (Å²) >= 11 is 0. The molecule has 0 aromatic heterocycles. The first-order valence-electron chi connectivity index (χ1n) is 8.61. The van der Waals surface area contributed by atoms with E-state index in [1.165, 1.54) is 6.08 Å². The Labute approximate surface area is 148 Å². The van der Waals surface area contributed by atoms with Crippen molar-refractivity contribution >= 4 is 23.4 Å². The van der Waals surface area contributed by atoms with Gasteiger partial charge in [0.2, 0.25) is 17.7 Å². The fraction of sp³-hybridized carbons (Fsp3) is 0.421. The van der Waals surface area contributed by atoms with Crippen molar-refractivity contribution in [3.63, 3.8) is 0 Å². The Morgan fingerprint density at radius 3 is 2.68 bits per heavy atom. The van der Waals surface area contributed by atoms with Crippen molar-refractivity contribution in [1.29, 1.82) is 0 Å². The maximum atomic E-state index is 12.1. The van der Waals surface area contributed by atoms with E-state index >= 15 is 0 Å². The minimum absolute atomic E-state index is 0.0415.